The second-order valence-electron chi connectivity index (χ2n) is 36.4. The topological polar surface area (TPSA) is 142 Å². The van der Waals surface area contributed by atoms with Gasteiger partial charge < -0.3 is 17.6 Å². The van der Waals surface area contributed by atoms with Crippen molar-refractivity contribution in [1.82, 2.24) is 58.1 Å². The minimum absolute atomic E-state index is 0.0232. The van der Waals surface area contributed by atoms with Crippen LogP contribution in [0.15, 0.2) is 477 Å². The minimum atomic E-state index is -0.495. The summed E-state index contributed by atoms with van der Waals surface area (Å²) < 4.78 is 249. The van der Waals surface area contributed by atoms with E-state index < -0.39 is 48.3 Å². The molecule has 0 bridgehead atoms. The maximum Gasteiger partial charge on any atom is 0.164 e. The van der Waals surface area contributed by atoms with Crippen molar-refractivity contribution in [2.75, 3.05) is 0 Å². The molecule has 33 rings (SSSR count). The Bertz CT molecular complexity index is 12900. The van der Waals surface area contributed by atoms with E-state index in [2.05, 4.69) is 0 Å². The number of nitrogens with zero attached hydrogens (tertiary/aromatic N) is 12. The van der Waals surface area contributed by atoms with Gasteiger partial charge in [0, 0.05) is 160 Å². The quantitative estimate of drug-likeness (QED) is 0.116. The van der Waals surface area contributed by atoms with Crippen molar-refractivity contribution in [1.29, 1.82) is 0 Å². The minimum Gasteiger partial charge on any atom is -0.455 e. The van der Waals surface area contributed by atoms with Crippen LogP contribution in [0.5, 0.6) is 0 Å². The molecule has 0 aliphatic heterocycles. The molecule has 0 spiro atoms. The van der Waals surface area contributed by atoms with E-state index in [0.717, 1.165) is 75.8 Å². The number of benzene rings is 21. The predicted molar refractivity (Wildman–Crippen MR) is 622 cm³/mol. The van der Waals surface area contributed by atoms with Gasteiger partial charge in [0.15, 0.2) is 52.4 Å². The Kier molecular flexibility index (Phi) is 14.2. The monoisotopic (exact) mass is 1970 g/mol. The Labute approximate surface area is 900 Å². The molecule has 21 aromatic carbocycles. The molecule has 0 fully saturated rings. The lowest BCUT2D eigenvalue weighted by Crippen LogP contribution is -2.00. The smallest absolute Gasteiger partial charge is 0.164 e. The van der Waals surface area contributed by atoms with Crippen molar-refractivity contribution in [3.05, 3.63) is 473 Å². The van der Waals surface area contributed by atoms with E-state index in [0.29, 0.717) is 138 Å². The maximum absolute atomic E-state index is 9.87. The van der Waals surface area contributed by atoms with Crippen LogP contribution in [-0.2, 0) is 0 Å². The SMILES string of the molecule is [2H]c1c([2H])c([2H])c2c(c1[2H])c1c([2H])c([2H])c([2H])c3c4c([2H])c5sc6ccc(-c7cccc(-c8nc(-c9ccccc9)nc(-c9ccccc9)n8)c7)cc6c5c([2H])c4n2c13.[2H]c1c([2H])c([2H])c2c(c1[2H])c1c([2H])c3c(oc4cccc(-c5cccc(-c6nc(-c7ccccc7)nc(-c7ccccc7)n6)c5)c43)c3c4c([2H])c([2H])c([2H])c([2H])c4n2c13.[2H]c1c([2H])c([2H])c2c(c1[2H])c1c3sc4ccccc4c3c([2H])c3c4c([2H])c(-c5cccc(-c6nc(-c7ccccc7)nc(-c7ccccc7)n6)c5)c([2H])c([2H])c4n2c31. The second kappa shape index (κ2) is 34.0. The van der Waals surface area contributed by atoms with Gasteiger partial charge in [-0.05, 0) is 136 Å². The van der Waals surface area contributed by atoms with Crippen LogP contribution in [0.2, 0.25) is 0 Å². The van der Waals surface area contributed by atoms with E-state index in [1.54, 1.807) is 22.6 Å². The van der Waals surface area contributed by atoms with Crippen LogP contribution < -0.4 is 0 Å². The van der Waals surface area contributed by atoms with Gasteiger partial charge in [0.25, 0.3) is 0 Å². The summed E-state index contributed by atoms with van der Waals surface area (Å²) in [6.45, 7) is 0. The average Bonchev–Trinajstić information content (AvgIpc) is 1.50. The summed E-state index contributed by atoms with van der Waals surface area (Å²) in [6, 6.07) is 92.5. The Hall–Kier alpha value is -19.7. The van der Waals surface area contributed by atoms with Crippen molar-refractivity contribution in [2.24, 2.45) is 0 Å². The highest BCUT2D eigenvalue weighted by molar-refractivity contribution is 7.27. The zero-order valence-corrected chi connectivity index (χ0v) is 79.7. The lowest BCUT2D eigenvalue weighted by Gasteiger charge is -2.10. The molecule has 33 aromatic rings. The zero-order chi connectivity index (χ0) is 121. The van der Waals surface area contributed by atoms with Crippen molar-refractivity contribution >= 4 is 199 Å². The van der Waals surface area contributed by atoms with Crippen LogP contribution >= 0.6 is 22.7 Å². The number of rotatable bonds is 12. The van der Waals surface area contributed by atoms with Gasteiger partial charge in [0.05, 0.1) is 90.7 Å². The fourth-order valence-electron chi connectivity index (χ4n) is 21.1. The first-order valence-corrected chi connectivity index (χ1v) is 49.9. The molecular formula is C135H78N12OS2. The third-order valence-electron chi connectivity index (χ3n) is 27.8. The van der Waals surface area contributed by atoms with Gasteiger partial charge >= 0.3 is 0 Å². The molecule has 0 saturated heterocycles. The molecule has 0 amide bonds. The number of hydrogen-bond acceptors (Lipinski definition) is 12. The maximum atomic E-state index is 9.87. The Balaban J connectivity index is 0.000000113. The van der Waals surface area contributed by atoms with Crippen LogP contribution in [0.1, 0.15) is 35.6 Å². The fraction of sp³-hybridized carbons (Fsp3) is 0. The highest BCUT2D eigenvalue weighted by atomic mass is 32.1. The third-order valence-corrected chi connectivity index (χ3v) is 30.1. The Morgan fingerprint density at radius 1 is 0.193 bits per heavy atom. The number of aromatic nitrogens is 12. The van der Waals surface area contributed by atoms with Crippen LogP contribution in [0.3, 0.4) is 0 Å². The van der Waals surface area contributed by atoms with E-state index in [1.807, 2.05) is 297 Å². The molecule has 0 atom stereocenters. The van der Waals surface area contributed by atoms with Crippen molar-refractivity contribution in [2.45, 2.75) is 0 Å². The molecule has 0 aliphatic carbocycles. The molecule has 0 unspecified atom stereocenters. The first-order valence-electron chi connectivity index (χ1n) is 61.2. The summed E-state index contributed by atoms with van der Waals surface area (Å²) >= 11 is 2.81. The predicted octanol–water partition coefficient (Wildman–Crippen LogP) is 35.7. The van der Waals surface area contributed by atoms with Gasteiger partial charge in [-0.15, -0.1) is 22.7 Å². The van der Waals surface area contributed by atoms with E-state index >= 15 is 0 Å². The summed E-state index contributed by atoms with van der Waals surface area (Å²) in [5, 5.41) is 6.36. The van der Waals surface area contributed by atoms with Crippen molar-refractivity contribution in [3.8, 4) is 136 Å². The van der Waals surface area contributed by atoms with Gasteiger partial charge in [-0.1, -0.05) is 370 Å². The van der Waals surface area contributed by atoms with Gasteiger partial charge in [0.1, 0.15) is 11.2 Å². The first kappa shape index (κ1) is 62.8. The molecule has 15 heteroatoms. The molecule has 0 radical (unpaired) electrons. The molecule has 12 aromatic heterocycles. The second-order valence-corrected chi connectivity index (χ2v) is 38.5. The summed E-state index contributed by atoms with van der Waals surface area (Å²) in [4.78, 5) is 43.9. The molecular weight excluding hydrogens is 1870 g/mol. The van der Waals surface area contributed by atoms with Crippen molar-refractivity contribution in [3.63, 3.8) is 0 Å². The molecule has 12 heterocycles. The highest BCUT2D eigenvalue weighted by Crippen LogP contribution is 2.53. The fourth-order valence-corrected chi connectivity index (χ4v) is 23.4. The van der Waals surface area contributed by atoms with E-state index in [1.165, 1.54) is 31.5 Å². The number of furan rings is 1. The standard InChI is InChI=1S/C45H26N4O.2C45H26N4S/c1-3-13-27(14-4-1)43-46-44(28-15-5-2-6-16-28)48-45(47-43)30-18-11-17-29(25-30)31-21-12-24-38-39(31)35-26-34-32-19-7-9-22-36(32)49-37-23-10-8-20-33(37)40(41(34)49)42(35)50-38;1-3-12-27(13-4-1)43-46-44(28-14-5-2-6-15-28)48-45(47-43)31-17-11-16-29(24-31)30-22-23-38-34(25-30)35-26-36-32-18-8-10-21-39(32)50-42(36)40-33-19-7-9-20-37(33)49(38)41(35)40;1-3-11-27(12-4-1)43-46-44(28-13-5-2-6-14-28)48-45(47-43)31-16-9-15-29(23-31)30-21-22-40-36(24-30)37-25-39-35(26-41(37)50-40)34-19-10-18-33-32-17-7-8-20-38(32)49(39)42(33)34/h3*1-26H/i7D,8D,9D,10D,19D,20D,22D,23D,26D;7D,9D,19D,20D,22D,23D,25D,26D;7D,8D,10D,17D,18D,19D,20D,25D,26D. The summed E-state index contributed by atoms with van der Waals surface area (Å²) in [5.41, 5.74) is 13.2. The molecule has 0 saturated carbocycles. The van der Waals surface area contributed by atoms with Crippen LogP contribution in [0.4, 0.5) is 0 Å². The lowest BCUT2D eigenvalue weighted by molar-refractivity contribution is 0.673. The van der Waals surface area contributed by atoms with E-state index in [9.17, 15) is 9.60 Å². The molecule has 13 nitrogen and oxygen atoms in total. The van der Waals surface area contributed by atoms with Gasteiger partial charge in [-0.25, -0.2) is 44.9 Å². The number of thiophene rings is 2. The number of fused-ring (bicyclic) bond motifs is 29. The summed E-state index contributed by atoms with van der Waals surface area (Å²) in [6.07, 6.45) is 0. The Morgan fingerprint density at radius 3 is 1.10 bits per heavy atom. The Morgan fingerprint density at radius 2 is 0.567 bits per heavy atom. The lowest BCUT2D eigenvalue weighted by atomic mass is 9.96. The molecule has 0 N–H and O–H groups in total. The highest BCUT2D eigenvalue weighted by Gasteiger charge is 2.29. The third kappa shape index (κ3) is 13.6. The average molecular weight is 1970 g/mol. The van der Waals surface area contributed by atoms with Gasteiger partial charge in [-0.2, -0.15) is 0 Å². The van der Waals surface area contributed by atoms with Gasteiger partial charge in [-0.3, -0.25) is 0 Å². The van der Waals surface area contributed by atoms with Crippen LogP contribution in [0.25, 0.3) is 312 Å². The van der Waals surface area contributed by atoms with Crippen molar-refractivity contribution < 1.29 is 40.1 Å². The number of hydrogen-bond donors (Lipinski definition) is 0. The molecule has 0 aliphatic rings. The normalized spacial score (nSPS) is 14.4. The summed E-state index contributed by atoms with van der Waals surface area (Å²) in [7, 11) is 0. The van der Waals surface area contributed by atoms with E-state index in [-0.39, 0.29) is 207 Å². The largest absolute Gasteiger partial charge is 0.455 e. The molecule has 696 valence electrons. The molecule has 150 heavy (non-hydrogen) atoms. The van der Waals surface area contributed by atoms with Gasteiger partial charge in [0.2, 0.25) is 0 Å². The van der Waals surface area contributed by atoms with Crippen LogP contribution in [0, 0.1) is 0 Å². The number of para-hydroxylation sites is 5. The van der Waals surface area contributed by atoms with Crippen LogP contribution in [-0.4, -0.2) is 58.1 Å². The summed E-state index contributed by atoms with van der Waals surface area (Å²) in [5.74, 6) is 4.44. The zero-order valence-electron chi connectivity index (χ0n) is 104. The first-order chi connectivity index (χ1) is 85.2. The van der Waals surface area contributed by atoms with E-state index in [4.69, 9.17) is 75.3 Å².